The van der Waals surface area contributed by atoms with E-state index in [9.17, 15) is 4.79 Å². The molecule has 0 atom stereocenters. The van der Waals surface area contributed by atoms with Gasteiger partial charge in [0.25, 0.3) is 5.91 Å². The number of halogens is 1. The van der Waals surface area contributed by atoms with Gasteiger partial charge in [0, 0.05) is 11.9 Å². The van der Waals surface area contributed by atoms with Crippen LogP contribution in [0.4, 0.5) is 0 Å². The highest BCUT2D eigenvalue weighted by atomic mass is 35.5. The molecule has 0 saturated heterocycles. The maximum Gasteiger partial charge on any atom is 0.289 e. The number of para-hydroxylation sites is 1. The number of furan rings is 1. The second kappa shape index (κ2) is 6.63. The van der Waals surface area contributed by atoms with Gasteiger partial charge in [0.1, 0.15) is 0 Å². The van der Waals surface area contributed by atoms with Gasteiger partial charge in [0.2, 0.25) is 0 Å². The van der Waals surface area contributed by atoms with E-state index in [4.69, 9.17) is 16.0 Å². The number of carbonyl (C=O) groups excluding carboxylic acids is 1. The Morgan fingerprint density at radius 1 is 1.16 bits per heavy atom. The van der Waals surface area contributed by atoms with Gasteiger partial charge in [-0.1, -0.05) is 23.7 Å². The highest BCUT2D eigenvalue weighted by Gasteiger charge is 2.18. The van der Waals surface area contributed by atoms with Gasteiger partial charge in [-0.2, -0.15) is 0 Å². The summed E-state index contributed by atoms with van der Waals surface area (Å²) >= 11 is 8.95. The Hall–Kier alpha value is -2.15. The van der Waals surface area contributed by atoms with Crippen molar-refractivity contribution in [2.45, 2.75) is 6.54 Å². The lowest BCUT2D eigenvalue weighted by Crippen LogP contribution is -2.25. The number of carbonyl (C=O) groups is 1. The monoisotopic (exact) mass is 388 g/mol. The van der Waals surface area contributed by atoms with E-state index >= 15 is 0 Å². The number of benzene rings is 1. The summed E-state index contributed by atoms with van der Waals surface area (Å²) in [7, 11) is 1.75. The Morgan fingerprint density at radius 3 is 2.76 bits per heavy atom. The van der Waals surface area contributed by atoms with E-state index in [1.54, 1.807) is 35.4 Å². The number of nitrogens with zero attached hydrogens (tertiary/aromatic N) is 2. The van der Waals surface area contributed by atoms with Crippen molar-refractivity contribution in [3.63, 3.8) is 0 Å². The summed E-state index contributed by atoms with van der Waals surface area (Å²) in [5, 5.41) is 0.771. The molecule has 0 saturated carbocycles. The van der Waals surface area contributed by atoms with E-state index in [0.717, 1.165) is 20.1 Å². The number of thiazole rings is 1. The zero-order valence-electron chi connectivity index (χ0n) is 13.2. The second-order valence-electron chi connectivity index (χ2n) is 5.52. The van der Waals surface area contributed by atoms with Crippen molar-refractivity contribution in [3.8, 4) is 10.8 Å². The van der Waals surface area contributed by atoms with Crippen molar-refractivity contribution < 1.29 is 9.21 Å². The van der Waals surface area contributed by atoms with Crippen LogP contribution in [0.25, 0.3) is 21.0 Å². The van der Waals surface area contributed by atoms with E-state index in [2.05, 4.69) is 4.98 Å². The van der Waals surface area contributed by atoms with Crippen molar-refractivity contribution in [1.29, 1.82) is 0 Å². The first kappa shape index (κ1) is 16.3. The first-order valence-electron chi connectivity index (χ1n) is 7.55. The van der Waals surface area contributed by atoms with E-state index < -0.39 is 0 Å². The first-order chi connectivity index (χ1) is 12.1. The van der Waals surface area contributed by atoms with Crippen LogP contribution >= 0.6 is 34.3 Å². The molecule has 0 bridgehead atoms. The molecule has 0 unspecified atom stereocenters. The zero-order valence-corrected chi connectivity index (χ0v) is 15.6. The lowest BCUT2D eigenvalue weighted by atomic mass is 10.3. The lowest BCUT2D eigenvalue weighted by molar-refractivity contribution is 0.0756. The topological polar surface area (TPSA) is 46.3 Å². The minimum atomic E-state index is -0.170. The predicted molar refractivity (Wildman–Crippen MR) is 102 cm³/mol. The van der Waals surface area contributed by atoms with Crippen LogP contribution in [0.3, 0.4) is 0 Å². The maximum absolute atomic E-state index is 12.6. The van der Waals surface area contributed by atoms with Crippen LogP contribution in [-0.2, 0) is 6.54 Å². The molecule has 1 amide bonds. The summed E-state index contributed by atoms with van der Waals surface area (Å²) < 4.78 is 7.57. The van der Waals surface area contributed by atoms with Crippen molar-refractivity contribution in [2.24, 2.45) is 0 Å². The van der Waals surface area contributed by atoms with Crippen LogP contribution in [-0.4, -0.2) is 22.8 Å². The molecule has 0 aliphatic carbocycles. The van der Waals surface area contributed by atoms with Crippen LogP contribution in [0, 0.1) is 0 Å². The Bertz CT molecular complexity index is 1020. The third-order valence-corrected chi connectivity index (χ3v) is 5.96. The average Bonchev–Trinajstić information content (AvgIpc) is 3.32. The largest absolute Gasteiger partial charge is 0.448 e. The van der Waals surface area contributed by atoms with Gasteiger partial charge in [-0.25, -0.2) is 4.98 Å². The molecule has 0 radical (unpaired) electrons. The number of hydrogen-bond acceptors (Lipinski definition) is 5. The van der Waals surface area contributed by atoms with Gasteiger partial charge in [0.15, 0.2) is 16.5 Å². The summed E-state index contributed by atoms with van der Waals surface area (Å²) in [4.78, 5) is 19.8. The molecule has 0 aliphatic heterocycles. The molecule has 126 valence electrons. The number of fused-ring (bicyclic) bond motifs is 1. The molecule has 0 spiro atoms. The van der Waals surface area contributed by atoms with Crippen LogP contribution in [0.15, 0.2) is 52.9 Å². The number of aromatic nitrogens is 1. The van der Waals surface area contributed by atoms with Crippen molar-refractivity contribution in [3.05, 3.63) is 63.5 Å². The molecule has 25 heavy (non-hydrogen) atoms. The molecule has 3 heterocycles. The summed E-state index contributed by atoms with van der Waals surface area (Å²) in [6, 6.07) is 15.2. The second-order valence-corrected chi connectivity index (χ2v) is 8.35. The Balaban J connectivity index is 1.54. The number of amides is 1. The fourth-order valence-corrected chi connectivity index (χ4v) is 4.54. The van der Waals surface area contributed by atoms with Gasteiger partial charge in [-0.3, -0.25) is 4.79 Å². The summed E-state index contributed by atoms with van der Waals surface area (Å²) in [6.45, 7) is 0.493. The molecule has 7 heteroatoms. The third kappa shape index (κ3) is 3.33. The van der Waals surface area contributed by atoms with Gasteiger partial charge in [-0.15, -0.1) is 22.7 Å². The van der Waals surface area contributed by atoms with E-state index in [1.807, 2.05) is 36.4 Å². The quantitative estimate of drug-likeness (QED) is 0.461. The molecule has 3 aromatic heterocycles. The van der Waals surface area contributed by atoms with Gasteiger partial charge >= 0.3 is 0 Å². The first-order valence-corrected chi connectivity index (χ1v) is 9.57. The fourth-order valence-electron chi connectivity index (χ4n) is 2.48. The highest BCUT2D eigenvalue weighted by Crippen LogP contribution is 2.31. The van der Waals surface area contributed by atoms with Crippen LogP contribution in [0.2, 0.25) is 4.34 Å². The predicted octanol–water partition coefficient (Wildman–Crippen LogP) is 5.54. The van der Waals surface area contributed by atoms with Gasteiger partial charge < -0.3 is 9.32 Å². The number of thiophene rings is 1. The SMILES string of the molecule is CN(Cc1ccc(Cl)s1)C(=O)c1ccc(-c2nc3ccccc3s2)o1. The Morgan fingerprint density at radius 2 is 2.00 bits per heavy atom. The lowest BCUT2D eigenvalue weighted by Gasteiger charge is -2.14. The molecular formula is C18H13ClN2O2S2. The van der Waals surface area contributed by atoms with Gasteiger partial charge in [0.05, 0.1) is 21.1 Å². The standard InChI is InChI=1S/C18H13ClN2O2S2/c1-21(10-11-6-9-16(19)24-11)18(22)14-8-7-13(23-14)17-20-12-4-2-3-5-15(12)25-17/h2-9H,10H2,1H3. The molecule has 0 N–H and O–H groups in total. The van der Waals surface area contributed by atoms with Gasteiger partial charge in [-0.05, 0) is 36.4 Å². The smallest absolute Gasteiger partial charge is 0.289 e. The minimum Gasteiger partial charge on any atom is -0.448 e. The van der Waals surface area contributed by atoms with E-state index in [0.29, 0.717) is 22.4 Å². The molecule has 4 aromatic rings. The molecule has 4 rings (SSSR count). The summed E-state index contributed by atoms with van der Waals surface area (Å²) in [5.74, 6) is 0.744. The van der Waals surface area contributed by atoms with Crippen molar-refractivity contribution in [1.82, 2.24) is 9.88 Å². The molecule has 1 aromatic carbocycles. The highest BCUT2D eigenvalue weighted by molar-refractivity contribution is 7.21. The minimum absolute atomic E-state index is 0.170. The van der Waals surface area contributed by atoms with Crippen LogP contribution < -0.4 is 0 Å². The fraction of sp³-hybridized carbons (Fsp3) is 0.111. The molecule has 0 fully saturated rings. The zero-order chi connectivity index (χ0) is 17.4. The molecule has 4 nitrogen and oxygen atoms in total. The molecular weight excluding hydrogens is 376 g/mol. The summed E-state index contributed by atoms with van der Waals surface area (Å²) in [5.41, 5.74) is 0.929. The number of hydrogen-bond donors (Lipinski definition) is 0. The van der Waals surface area contributed by atoms with Crippen molar-refractivity contribution in [2.75, 3.05) is 7.05 Å². The summed E-state index contributed by atoms with van der Waals surface area (Å²) in [6.07, 6.45) is 0. The maximum atomic E-state index is 12.6. The molecule has 0 aliphatic rings. The van der Waals surface area contributed by atoms with E-state index in [1.165, 1.54) is 11.3 Å². The third-order valence-electron chi connectivity index (χ3n) is 3.69. The van der Waals surface area contributed by atoms with E-state index in [-0.39, 0.29) is 5.91 Å². The van der Waals surface area contributed by atoms with Crippen molar-refractivity contribution >= 4 is 50.4 Å². The number of rotatable bonds is 4. The Labute approximate surface area is 157 Å². The van der Waals surface area contributed by atoms with Crippen LogP contribution in [0.1, 0.15) is 15.4 Å². The Kier molecular flexibility index (Phi) is 4.33. The average molecular weight is 389 g/mol. The normalized spacial score (nSPS) is 11.1. The van der Waals surface area contributed by atoms with Crippen LogP contribution in [0.5, 0.6) is 0 Å².